The smallest absolute Gasteiger partial charge is 0.236 e. The molecule has 3 nitrogen and oxygen atoms in total. The molecule has 0 fully saturated rings. The molecule has 0 aromatic heterocycles. The normalized spacial score (nSPS) is 10.6. The van der Waals surface area contributed by atoms with Gasteiger partial charge < -0.3 is 10.2 Å². The molecular formula is C13H19ClN2O. The molecule has 1 aromatic rings. The van der Waals surface area contributed by atoms with E-state index in [-0.39, 0.29) is 5.91 Å². The number of hydrogen-bond acceptors (Lipinski definition) is 2. The number of nitrogens with one attached hydrogen (secondary N) is 1. The molecule has 0 heterocycles. The third kappa shape index (κ3) is 5.20. The number of nitrogens with zero attached hydrogens (tertiary/aromatic N) is 1. The topological polar surface area (TPSA) is 32.3 Å². The maximum Gasteiger partial charge on any atom is 0.236 e. The summed E-state index contributed by atoms with van der Waals surface area (Å²) in [5.41, 5.74) is 1.08. The van der Waals surface area contributed by atoms with Crippen LogP contribution >= 0.6 is 11.6 Å². The number of rotatable bonds is 5. The Balaban J connectivity index is 2.45. The minimum atomic E-state index is 0.0913. The SMILES string of the molecule is CC(C)NCC(=O)N(C)Cc1ccc(Cl)cc1. The maximum absolute atomic E-state index is 11.8. The fraction of sp³-hybridized carbons (Fsp3) is 0.462. The van der Waals surface area contributed by atoms with Crippen molar-refractivity contribution >= 4 is 17.5 Å². The third-order valence-corrected chi connectivity index (χ3v) is 2.67. The lowest BCUT2D eigenvalue weighted by molar-refractivity contribution is -0.129. The molecule has 1 aromatic carbocycles. The molecule has 0 bridgehead atoms. The summed E-state index contributed by atoms with van der Waals surface area (Å²) in [7, 11) is 1.80. The summed E-state index contributed by atoms with van der Waals surface area (Å²) in [6.07, 6.45) is 0. The van der Waals surface area contributed by atoms with Gasteiger partial charge in [-0.2, -0.15) is 0 Å². The molecular weight excluding hydrogens is 236 g/mol. The third-order valence-electron chi connectivity index (χ3n) is 2.42. The molecule has 0 aliphatic heterocycles. The van der Waals surface area contributed by atoms with Crippen LogP contribution in [0.5, 0.6) is 0 Å². The summed E-state index contributed by atoms with van der Waals surface area (Å²) in [6, 6.07) is 7.86. The lowest BCUT2D eigenvalue weighted by atomic mass is 10.2. The Bertz CT molecular complexity index is 362. The molecule has 4 heteroatoms. The van der Waals surface area contributed by atoms with E-state index in [0.717, 1.165) is 5.56 Å². The van der Waals surface area contributed by atoms with Gasteiger partial charge in [0, 0.05) is 24.7 Å². The molecule has 0 unspecified atom stereocenters. The molecule has 0 radical (unpaired) electrons. The number of benzene rings is 1. The van der Waals surface area contributed by atoms with Gasteiger partial charge in [0.15, 0.2) is 0 Å². The summed E-state index contributed by atoms with van der Waals surface area (Å²) >= 11 is 5.80. The van der Waals surface area contributed by atoms with Crippen molar-refractivity contribution in [2.75, 3.05) is 13.6 Å². The van der Waals surface area contributed by atoms with Crippen molar-refractivity contribution in [3.63, 3.8) is 0 Å². The second-order valence-electron chi connectivity index (χ2n) is 4.41. The largest absolute Gasteiger partial charge is 0.340 e. The standard InChI is InChI=1S/C13H19ClN2O/c1-10(2)15-8-13(17)16(3)9-11-4-6-12(14)7-5-11/h4-7,10,15H,8-9H2,1-3H3. The van der Waals surface area contributed by atoms with Crippen molar-refractivity contribution in [3.8, 4) is 0 Å². The zero-order valence-corrected chi connectivity index (χ0v) is 11.3. The lowest BCUT2D eigenvalue weighted by Crippen LogP contribution is -2.37. The molecule has 0 aliphatic rings. The van der Waals surface area contributed by atoms with Gasteiger partial charge in [-0.1, -0.05) is 37.6 Å². The second-order valence-corrected chi connectivity index (χ2v) is 4.85. The first-order valence-electron chi connectivity index (χ1n) is 5.71. The van der Waals surface area contributed by atoms with Crippen LogP contribution in [0.2, 0.25) is 5.02 Å². The van der Waals surface area contributed by atoms with Gasteiger partial charge in [0.1, 0.15) is 0 Å². The molecule has 0 aliphatic carbocycles. The highest BCUT2D eigenvalue weighted by Crippen LogP contribution is 2.10. The van der Waals surface area contributed by atoms with E-state index in [2.05, 4.69) is 5.32 Å². The number of amides is 1. The lowest BCUT2D eigenvalue weighted by Gasteiger charge is -2.18. The van der Waals surface area contributed by atoms with E-state index in [1.54, 1.807) is 11.9 Å². The molecule has 1 rings (SSSR count). The van der Waals surface area contributed by atoms with Crippen LogP contribution < -0.4 is 5.32 Å². The van der Waals surface area contributed by atoms with Crippen molar-refractivity contribution in [1.29, 1.82) is 0 Å². The highest BCUT2D eigenvalue weighted by Gasteiger charge is 2.09. The van der Waals surface area contributed by atoms with E-state index in [4.69, 9.17) is 11.6 Å². The van der Waals surface area contributed by atoms with Crippen molar-refractivity contribution in [2.24, 2.45) is 0 Å². The van der Waals surface area contributed by atoms with Gasteiger partial charge >= 0.3 is 0 Å². The predicted octanol–water partition coefficient (Wildman–Crippen LogP) is 2.30. The zero-order chi connectivity index (χ0) is 12.8. The molecule has 1 amide bonds. The van der Waals surface area contributed by atoms with Crippen molar-refractivity contribution in [1.82, 2.24) is 10.2 Å². The summed E-state index contributed by atoms with van der Waals surface area (Å²) in [5, 5.41) is 3.82. The van der Waals surface area contributed by atoms with Crippen LogP contribution in [0.3, 0.4) is 0 Å². The highest BCUT2D eigenvalue weighted by molar-refractivity contribution is 6.30. The average Bonchev–Trinajstić information content (AvgIpc) is 2.28. The fourth-order valence-electron chi connectivity index (χ4n) is 1.38. The molecule has 17 heavy (non-hydrogen) atoms. The Kier molecular flexibility index (Phi) is 5.45. The number of carbonyl (C=O) groups excluding carboxylic acids is 1. The first-order chi connectivity index (χ1) is 7.99. The summed E-state index contributed by atoms with van der Waals surface area (Å²) in [5.74, 6) is 0.0913. The number of likely N-dealkylation sites (N-methyl/N-ethyl adjacent to an activating group) is 1. The van der Waals surface area contributed by atoms with Crippen LogP contribution in [0.15, 0.2) is 24.3 Å². The average molecular weight is 255 g/mol. The van der Waals surface area contributed by atoms with Gasteiger partial charge in [-0.15, -0.1) is 0 Å². The van der Waals surface area contributed by atoms with Crippen molar-refractivity contribution in [3.05, 3.63) is 34.9 Å². The Hall–Kier alpha value is -1.06. The summed E-state index contributed by atoms with van der Waals surface area (Å²) in [4.78, 5) is 13.5. The molecule has 0 saturated heterocycles. The van der Waals surface area contributed by atoms with E-state index in [0.29, 0.717) is 24.2 Å². The van der Waals surface area contributed by atoms with E-state index >= 15 is 0 Å². The molecule has 94 valence electrons. The van der Waals surface area contributed by atoms with Crippen LogP contribution in [-0.2, 0) is 11.3 Å². The second kappa shape index (κ2) is 6.62. The molecule has 0 spiro atoms. The predicted molar refractivity (Wildman–Crippen MR) is 71.1 cm³/mol. The Labute approximate surface area is 108 Å². The highest BCUT2D eigenvalue weighted by atomic mass is 35.5. The minimum Gasteiger partial charge on any atom is -0.340 e. The Morgan fingerprint density at radius 3 is 2.47 bits per heavy atom. The summed E-state index contributed by atoms with van der Waals surface area (Å²) in [6.45, 7) is 5.02. The van der Waals surface area contributed by atoms with E-state index in [1.807, 2.05) is 38.1 Å². The van der Waals surface area contributed by atoms with Crippen LogP contribution in [0.4, 0.5) is 0 Å². The number of carbonyl (C=O) groups is 1. The van der Waals surface area contributed by atoms with Gasteiger partial charge in [-0.25, -0.2) is 0 Å². The Morgan fingerprint density at radius 1 is 1.35 bits per heavy atom. The quantitative estimate of drug-likeness (QED) is 0.875. The van der Waals surface area contributed by atoms with Crippen LogP contribution in [0, 0.1) is 0 Å². The van der Waals surface area contributed by atoms with Crippen LogP contribution in [0.25, 0.3) is 0 Å². The first kappa shape index (κ1) is 14.0. The van der Waals surface area contributed by atoms with E-state index < -0.39 is 0 Å². The van der Waals surface area contributed by atoms with Crippen molar-refractivity contribution in [2.45, 2.75) is 26.4 Å². The van der Waals surface area contributed by atoms with Gasteiger partial charge in [0.25, 0.3) is 0 Å². The molecule has 0 saturated carbocycles. The zero-order valence-electron chi connectivity index (χ0n) is 10.5. The van der Waals surface area contributed by atoms with Crippen molar-refractivity contribution < 1.29 is 4.79 Å². The molecule has 1 N–H and O–H groups in total. The van der Waals surface area contributed by atoms with E-state index in [1.165, 1.54) is 0 Å². The number of halogens is 1. The maximum atomic E-state index is 11.8. The van der Waals surface area contributed by atoms with Gasteiger partial charge in [-0.3, -0.25) is 4.79 Å². The first-order valence-corrected chi connectivity index (χ1v) is 6.08. The Morgan fingerprint density at radius 2 is 1.94 bits per heavy atom. The summed E-state index contributed by atoms with van der Waals surface area (Å²) < 4.78 is 0. The van der Waals surface area contributed by atoms with E-state index in [9.17, 15) is 4.79 Å². The molecule has 0 atom stereocenters. The number of hydrogen-bond donors (Lipinski definition) is 1. The fourth-order valence-corrected chi connectivity index (χ4v) is 1.50. The van der Waals surface area contributed by atoms with Gasteiger partial charge in [0.2, 0.25) is 5.91 Å². The minimum absolute atomic E-state index is 0.0913. The van der Waals surface area contributed by atoms with Gasteiger partial charge in [0.05, 0.1) is 6.54 Å². The monoisotopic (exact) mass is 254 g/mol. The van der Waals surface area contributed by atoms with Crippen LogP contribution in [-0.4, -0.2) is 30.4 Å². The van der Waals surface area contributed by atoms with Crippen LogP contribution in [0.1, 0.15) is 19.4 Å². The van der Waals surface area contributed by atoms with Gasteiger partial charge in [-0.05, 0) is 17.7 Å².